The summed E-state index contributed by atoms with van der Waals surface area (Å²) in [6.07, 6.45) is 0. The van der Waals surface area contributed by atoms with E-state index in [1.54, 1.807) is 0 Å². The zero-order chi connectivity index (χ0) is 13.3. The Morgan fingerprint density at radius 1 is 1.50 bits per heavy atom. The van der Waals surface area contributed by atoms with Crippen molar-refractivity contribution in [2.45, 2.75) is 0 Å². The molecule has 0 aliphatic rings. The van der Waals surface area contributed by atoms with E-state index in [2.05, 4.69) is 5.16 Å². The van der Waals surface area contributed by atoms with E-state index < -0.39 is 17.5 Å². The zero-order valence-electron chi connectivity index (χ0n) is 9.18. The Kier molecular flexibility index (Phi) is 2.88. The quantitative estimate of drug-likeness (QED) is 0.867. The third-order valence-corrected chi connectivity index (χ3v) is 2.29. The molecule has 6 nitrogen and oxygen atoms in total. The van der Waals surface area contributed by atoms with E-state index >= 15 is 0 Å². The van der Waals surface area contributed by atoms with Crippen LogP contribution in [0.15, 0.2) is 22.7 Å². The topological polar surface area (TPSA) is 92.8 Å². The van der Waals surface area contributed by atoms with Crippen molar-refractivity contribution in [1.29, 1.82) is 0 Å². The molecule has 2 rings (SSSR count). The highest BCUT2D eigenvalue weighted by Crippen LogP contribution is 2.35. The van der Waals surface area contributed by atoms with Crippen LogP contribution in [0.1, 0.15) is 10.5 Å². The fourth-order valence-electron chi connectivity index (χ4n) is 1.40. The number of benzene rings is 1. The van der Waals surface area contributed by atoms with E-state index in [0.29, 0.717) is 0 Å². The van der Waals surface area contributed by atoms with Gasteiger partial charge in [-0.25, -0.2) is 9.18 Å². The first kappa shape index (κ1) is 11.9. The largest absolute Gasteiger partial charge is 0.502 e. The third kappa shape index (κ3) is 1.86. The molecule has 0 spiro atoms. The van der Waals surface area contributed by atoms with Crippen molar-refractivity contribution >= 4 is 5.97 Å². The second-order valence-electron chi connectivity index (χ2n) is 3.36. The molecule has 0 fully saturated rings. The molecule has 18 heavy (non-hydrogen) atoms. The third-order valence-electron chi connectivity index (χ3n) is 2.29. The number of carboxylic acids is 1. The lowest BCUT2D eigenvalue weighted by Gasteiger charge is -2.05. The van der Waals surface area contributed by atoms with Crippen molar-refractivity contribution in [2.75, 3.05) is 7.11 Å². The van der Waals surface area contributed by atoms with Crippen molar-refractivity contribution in [3.8, 4) is 22.8 Å². The molecule has 2 N–H and O–H groups in total. The Bertz CT molecular complexity index is 607. The molecule has 0 aliphatic heterocycles. The number of hydrogen-bond acceptors (Lipinski definition) is 5. The molecule has 0 aliphatic carbocycles. The lowest BCUT2D eigenvalue weighted by atomic mass is 10.1. The molecule has 0 amide bonds. The van der Waals surface area contributed by atoms with Crippen LogP contribution in [-0.4, -0.2) is 28.4 Å². The SMILES string of the molecule is COc1ccc(-c2cc(C(=O)O)no2)c(F)c1O. The smallest absolute Gasteiger partial charge is 0.358 e. The minimum Gasteiger partial charge on any atom is -0.502 e. The molecule has 0 atom stereocenters. The summed E-state index contributed by atoms with van der Waals surface area (Å²) in [7, 11) is 1.28. The van der Waals surface area contributed by atoms with Gasteiger partial charge in [0.2, 0.25) is 0 Å². The molecule has 2 aromatic rings. The van der Waals surface area contributed by atoms with Gasteiger partial charge in [0.1, 0.15) is 0 Å². The summed E-state index contributed by atoms with van der Waals surface area (Å²) in [6.45, 7) is 0. The van der Waals surface area contributed by atoms with Crippen LogP contribution in [-0.2, 0) is 0 Å². The number of halogens is 1. The average molecular weight is 253 g/mol. The van der Waals surface area contributed by atoms with Gasteiger partial charge in [0, 0.05) is 6.07 Å². The van der Waals surface area contributed by atoms with E-state index in [9.17, 15) is 14.3 Å². The highest BCUT2D eigenvalue weighted by molar-refractivity contribution is 5.86. The number of phenolic OH excluding ortho intramolecular Hbond substituents is 1. The van der Waals surface area contributed by atoms with Gasteiger partial charge >= 0.3 is 5.97 Å². The summed E-state index contributed by atoms with van der Waals surface area (Å²) in [5.74, 6) is -3.06. The molecular formula is C11H8FNO5. The fourth-order valence-corrected chi connectivity index (χ4v) is 1.40. The monoisotopic (exact) mass is 253 g/mol. The molecule has 0 radical (unpaired) electrons. The maximum atomic E-state index is 13.8. The standard InChI is InChI=1S/C11H8FNO5/c1-17-7-3-2-5(9(12)10(7)14)8-4-6(11(15)16)13-18-8/h2-4,14H,1H3,(H,15,16). The average Bonchev–Trinajstić information content (AvgIpc) is 2.82. The van der Waals surface area contributed by atoms with Gasteiger partial charge in [-0.3, -0.25) is 0 Å². The van der Waals surface area contributed by atoms with Gasteiger partial charge in [-0.05, 0) is 12.1 Å². The lowest BCUT2D eigenvalue weighted by molar-refractivity contribution is 0.0686. The van der Waals surface area contributed by atoms with Crippen molar-refractivity contribution in [3.63, 3.8) is 0 Å². The summed E-state index contributed by atoms with van der Waals surface area (Å²) >= 11 is 0. The zero-order valence-corrected chi connectivity index (χ0v) is 9.18. The Morgan fingerprint density at radius 3 is 2.78 bits per heavy atom. The van der Waals surface area contributed by atoms with Gasteiger partial charge in [-0.15, -0.1) is 0 Å². The van der Waals surface area contributed by atoms with Gasteiger partial charge in [-0.1, -0.05) is 5.16 Å². The van der Waals surface area contributed by atoms with Crippen LogP contribution in [0.25, 0.3) is 11.3 Å². The Morgan fingerprint density at radius 2 is 2.22 bits per heavy atom. The summed E-state index contributed by atoms with van der Waals surface area (Å²) in [4.78, 5) is 10.6. The molecule has 1 heterocycles. The number of methoxy groups -OCH3 is 1. The highest BCUT2D eigenvalue weighted by Gasteiger charge is 2.19. The Labute approximate surface area is 100 Å². The molecule has 0 unspecified atom stereocenters. The van der Waals surface area contributed by atoms with Crippen LogP contribution in [0.2, 0.25) is 0 Å². The summed E-state index contributed by atoms with van der Waals surface area (Å²) < 4.78 is 23.2. The van der Waals surface area contributed by atoms with E-state index in [4.69, 9.17) is 14.4 Å². The number of carboxylic acid groups (broad SMARTS) is 1. The van der Waals surface area contributed by atoms with Crippen molar-refractivity contribution in [3.05, 3.63) is 29.7 Å². The van der Waals surface area contributed by atoms with Crippen molar-refractivity contribution < 1.29 is 28.7 Å². The molecule has 94 valence electrons. The molecule has 0 saturated carbocycles. The number of phenols is 1. The summed E-state index contributed by atoms with van der Waals surface area (Å²) in [5.41, 5.74) is -0.451. The number of nitrogens with zero attached hydrogens (tertiary/aromatic N) is 1. The van der Waals surface area contributed by atoms with Gasteiger partial charge < -0.3 is 19.5 Å². The first-order valence-electron chi connectivity index (χ1n) is 4.80. The molecule has 1 aromatic carbocycles. The predicted molar refractivity (Wildman–Crippen MR) is 57.1 cm³/mol. The first-order valence-corrected chi connectivity index (χ1v) is 4.80. The van der Waals surface area contributed by atoms with Gasteiger partial charge in [0.05, 0.1) is 12.7 Å². The molecule has 7 heteroatoms. The van der Waals surface area contributed by atoms with Crippen LogP contribution in [0.5, 0.6) is 11.5 Å². The van der Waals surface area contributed by atoms with E-state index in [1.165, 1.54) is 19.2 Å². The number of aromatic nitrogens is 1. The minimum atomic E-state index is -1.29. The van der Waals surface area contributed by atoms with Crippen LogP contribution < -0.4 is 4.74 Å². The number of carbonyl (C=O) groups is 1. The summed E-state index contributed by atoms with van der Waals surface area (Å²) in [6, 6.07) is 3.68. The van der Waals surface area contributed by atoms with Gasteiger partial charge in [-0.2, -0.15) is 0 Å². The van der Waals surface area contributed by atoms with E-state index in [0.717, 1.165) is 6.07 Å². The number of rotatable bonds is 3. The molecule has 0 saturated heterocycles. The lowest BCUT2D eigenvalue weighted by Crippen LogP contribution is -1.94. The van der Waals surface area contributed by atoms with Crippen molar-refractivity contribution in [2.24, 2.45) is 0 Å². The van der Waals surface area contributed by atoms with Crippen molar-refractivity contribution in [1.82, 2.24) is 5.16 Å². The Balaban J connectivity index is 2.50. The number of ether oxygens (including phenoxy) is 1. The predicted octanol–water partition coefficient (Wildman–Crippen LogP) is 1.89. The molecular weight excluding hydrogens is 245 g/mol. The van der Waals surface area contributed by atoms with Gasteiger partial charge in [0.15, 0.2) is 28.8 Å². The molecule has 1 aromatic heterocycles. The number of aromatic carboxylic acids is 1. The van der Waals surface area contributed by atoms with E-state index in [-0.39, 0.29) is 22.8 Å². The minimum absolute atomic E-state index is 0.0331. The van der Waals surface area contributed by atoms with Crippen LogP contribution in [0, 0.1) is 5.82 Å². The highest BCUT2D eigenvalue weighted by atomic mass is 19.1. The van der Waals surface area contributed by atoms with Crippen LogP contribution >= 0.6 is 0 Å². The van der Waals surface area contributed by atoms with E-state index in [1.807, 2.05) is 0 Å². The number of hydrogen-bond donors (Lipinski definition) is 2. The second-order valence-corrected chi connectivity index (χ2v) is 3.36. The maximum absolute atomic E-state index is 13.8. The van der Waals surface area contributed by atoms with Crippen LogP contribution in [0.4, 0.5) is 4.39 Å². The maximum Gasteiger partial charge on any atom is 0.358 e. The summed E-state index contributed by atoms with van der Waals surface area (Å²) in [5, 5.41) is 21.4. The fraction of sp³-hybridized carbons (Fsp3) is 0.0909. The van der Waals surface area contributed by atoms with Crippen LogP contribution in [0.3, 0.4) is 0 Å². The normalized spacial score (nSPS) is 10.3. The number of aromatic hydroxyl groups is 1. The first-order chi connectivity index (χ1) is 8.54. The van der Waals surface area contributed by atoms with Gasteiger partial charge in [0.25, 0.3) is 0 Å². The molecule has 0 bridgehead atoms. The second kappa shape index (κ2) is 4.36. The Hall–Kier alpha value is -2.57.